The molecule has 3 unspecified atom stereocenters. The molecule has 1 aliphatic carbocycles. The molecule has 1 heterocycles. The highest BCUT2D eigenvalue weighted by Crippen LogP contribution is 2.45. The molecule has 1 saturated carbocycles. The van der Waals surface area contributed by atoms with E-state index in [1.54, 1.807) is 11.8 Å². The second-order valence-corrected chi connectivity index (χ2v) is 7.43. The molecule has 3 atom stereocenters. The van der Waals surface area contributed by atoms with Crippen molar-refractivity contribution in [2.24, 2.45) is 0 Å². The molecule has 0 radical (unpaired) electrons. The summed E-state index contributed by atoms with van der Waals surface area (Å²) < 4.78 is 6.28. The van der Waals surface area contributed by atoms with E-state index in [2.05, 4.69) is 18.3 Å². The third-order valence-corrected chi connectivity index (χ3v) is 5.80. The van der Waals surface area contributed by atoms with Crippen molar-refractivity contribution in [3.05, 3.63) is 29.8 Å². The molecular weight excluding hydrogens is 270 g/mol. The first-order valence-electron chi connectivity index (χ1n) is 7.33. The van der Waals surface area contributed by atoms with Gasteiger partial charge in [-0.05, 0) is 51.2 Å². The molecule has 1 aromatic carbocycles. The Morgan fingerprint density at radius 3 is 2.85 bits per heavy atom. The molecule has 0 bridgehead atoms. The predicted molar refractivity (Wildman–Crippen MR) is 82.0 cm³/mol. The lowest BCUT2D eigenvalue weighted by Crippen LogP contribution is -2.53. The summed E-state index contributed by atoms with van der Waals surface area (Å²) in [5.41, 5.74) is 1.15. The standard InChI is InChI=1S/C16H21NO2S/c1-11-7-3-4-8-13(11)19-14-9-5-6-10-16(14)17-15(18)12(2)20-16/h3-4,7-8,12,14H,5-6,9-10H2,1-2H3,(H,17,18). The molecule has 20 heavy (non-hydrogen) atoms. The van der Waals surface area contributed by atoms with Crippen LogP contribution in [0.5, 0.6) is 5.75 Å². The van der Waals surface area contributed by atoms with Crippen LogP contribution in [0.25, 0.3) is 0 Å². The van der Waals surface area contributed by atoms with E-state index in [-0.39, 0.29) is 22.1 Å². The topological polar surface area (TPSA) is 38.3 Å². The van der Waals surface area contributed by atoms with Gasteiger partial charge in [-0.15, -0.1) is 11.8 Å². The molecule has 1 N–H and O–H groups in total. The number of amides is 1. The molecule has 2 fully saturated rings. The number of carbonyl (C=O) groups excluding carboxylic acids is 1. The van der Waals surface area contributed by atoms with E-state index in [1.807, 2.05) is 25.1 Å². The number of para-hydroxylation sites is 1. The maximum absolute atomic E-state index is 11.9. The Morgan fingerprint density at radius 2 is 2.15 bits per heavy atom. The minimum Gasteiger partial charge on any atom is -0.487 e. The highest BCUT2D eigenvalue weighted by Gasteiger charge is 2.51. The Hall–Kier alpha value is -1.16. The Labute approximate surface area is 124 Å². The van der Waals surface area contributed by atoms with Crippen molar-refractivity contribution in [2.75, 3.05) is 0 Å². The van der Waals surface area contributed by atoms with E-state index in [9.17, 15) is 4.79 Å². The number of aryl methyl sites for hydroxylation is 1. The number of thioether (sulfide) groups is 1. The average Bonchev–Trinajstić information content (AvgIpc) is 2.71. The van der Waals surface area contributed by atoms with Crippen LogP contribution in [-0.2, 0) is 4.79 Å². The first-order valence-corrected chi connectivity index (χ1v) is 8.21. The van der Waals surface area contributed by atoms with Crippen LogP contribution in [0.4, 0.5) is 0 Å². The van der Waals surface area contributed by atoms with Crippen LogP contribution in [-0.4, -0.2) is 22.1 Å². The molecule has 2 aliphatic rings. The van der Waals surface area contributed by atoms with E-state index >= 15 is 0 Å². The number of ether oxygens (including phenoxy) is 1. The van der Waals surface area contributed by atoms with Crippen molar-refractivity contribution in [3.8, 4) is 5.75 Å². The number of hydrogen-bond acceptors (Lipinski definition) is 3. The van der Waals surface area contributed by atoms with Crippen LogP contribution < -0.4 is 10.1 Å². The van der Waals surface area contributed by atoms with Crippen molar-refractivity contribution in [1.82, 2.24) is 5.32 Å². The van der Waals surface area contributed by atoms with Gasteiger partial charge in [0.1, 0.15) is 16.7 Å². The summed E-state index contributed by atoms with van der Waals surface area (Å²) in [5, 5.41) is 3.23. The maximum Gasteiger partial charge on any atom is 0.234 e. The van der Waals surface area contributed by atoms with Crippen LogP contribution >= 0.6 is 11.8 Å². The molecule has 1 aliphatic heterocycles. The van der Waals surface area contributed by atoms with Crippen molar-refractivity contribution < 1.29 is 9.53 Å². The summed E-state index contributed by atoms with van der Waals surface area (Å²) in [6.45, 7) is 4.04. The van der Waals surface area contributed by atoms with E-state index in [4.69, 9.17) is 4.74 Å². The number of benzene rings is 1. The summed E-state index contributed by atoms with van der Waals surface area (Å²) in [5.74, 6) is 1.09. The normalized spacial score (nSPS) is 33.2. The summed E-state index contributed by atoms with van der Waals surface area (Å²) in [6, 6.07) is 8.10. The summed E-state index contributed by atoms with van der Waals surface area (Å²) in [6.07, 6.45) is 4.41. The zero-order valence-electron chi connectivity index (χ0n) is 12.0. The molecule has 1 spiro atoms. The average molecular weight is 291 g/mol. The second kappa shape index (κ2) is 5.32. The van der Waals surface area contributed by atoms with E-state index < -0.39 is 0 Å². The highest BCUT2D eigenvalue weighted by molar-refractivity contribution is 8.02. The molecule has 1 saturated heterocycles. The monoisotopic (exact) mass is 291 g/mol. The number of carbonyl (C=O) groups is 1. The Kier molecular flexibility index (Phi) is 3.67. The number of rotatable bonds is 2. The number of nitrogens with one attached hydrogen (secondary N) is 1. The van der Waals surface area contributed by atoms with Crippen LogP contribution in [0.2, 0.25) is 0 Å². The molecule has 0 aromatic heterocycles. The SMILES string of the molecule is Cc1ccccc1OC1CCCCC12NC(=O)C(C)S2. The Balaban J connectivity index is 1.83. The second-order valence-electron chi connectivity index (χ2n) is 5.76. The van der Waals surface area contributed by atoms with Crippen molar-refractivity contribution in [1.29, 1.82) is 0 Å². The largest absolute Gasteiger partial charge is 0.487 e. The molecular formula is C16H21NO2S. The molecule has 1 aromatic rings. The van der Waals surface area contributed by atoms with Crippen LogP contribution in [0.1, 0.15) is 38.2 Å². The summed E-state index contributed by atoms with van der Waals surface area (Å²) >= 11 is 1.74. The lowest BCUT2D eigenvalue weighted by atomic mass is 9.91. The van der Waals surface area contributed by atoms with Gasteiger partial charge in [-0.3, -0.25) is 4.79 Å². The van der Waals surface area contributed by atoms with Gasteiger partial charge in [0, 0.05) is 0 Å². The minimum absolute atomic E-state index is 0.0241. The van der Waals surface area contributed by atoms with E-state index in [1.165, 1.54) is 6.42 Å². The fourth-order valence-corrected chi connectivity index (χ4v) is 4.63. The quantitative estimate of drug-likeness (QED) is 0.909. The van der Waals surface area contributed by atoms with Crippen LogP contribution in [0.15, 0.2) is 24.3 Å². The zero-order chi connectivity index (χ0) is 14.2. The lowest BCUT2D eigenvalue weighted by Gasteiger charge is -2.40. The van der Waals surface area contributed by atoms with Gasteiger partial charge in [-0.2, -0.15) is 0 Å². The van der Waals surface area contributed by atoms with Gasteiger partial charge < -0.3 is 10.1 Å². The van der Waals surface area contributed by atoms with Gasteiger partial charge in [0.2, 0.25) is 5.91 Å². The van der Waals surface area contributed by atoms with Crippen molar-refractivity contribution >= 4 is 17.7 Å². The van der Waals surface area contributed by atoms with Gasteiger partial charge in [0.05, 0.1) is 5.25 Å². The van der Waals surface area contributed by atoms with Gasteiger partial charge in [-0.1, -0.05) is 18.2 Å². The third kappa shape index (κ3) is 2.41. The fourth-order valence-electron chi connectivity index (χ4n) is 3.09. The maximum atomic E-state index is 11.9. The van der Waals surface area contributed by atoms with Crippen LogP contribution in [0.3, 0.4) is 0 Å². The van der Waals surface area contributed by atoms with Gasteiger partial charge in [-0.25, -0.2) is 0 Å². The molecule has 3 rings (SSSR count). The van der Waals surface area contributed by atoms with Gasteiger partial charge in [0.25, 0.3) is 0 Å². The zero-order valence-corrected chi connectivity index (χ0v) is 12.8. The third-order valence-electron chi connectivity index (χ3n) is 4.24. The molecule has 4 heteroatoms. The lowest BCUT2D eigenvalue weighted by molar-refractivity contribution is -0.121. The molecule has 3 nitrogen and oxygen atoms in total. The van der Waals surface area contributed by atoms with Gasteiger partial charge in [0.15, 0.2) is 0 Å². The van der Waals surface area contributed by atoms with E-state index in [0.717, 1.165) is 30.6 Å². The minimum atomic E-state index is -0.225. The first-order chi connectivity index (χ1) is 9.61. The highest BCUT2D eigenvalue weighted by atomic mass is 32.2. The van der Waals surface area contributed by atoms with Gasteiger partial charge >= 0.3 is 0 Å². The van der Waals surface area contributed by atoms with Crippen LogP contribution in [0, 0.1) is 6.92 Å². The molecule has 1 amide bonds. The summed E-state index contributed by atoms with van der Waals surface area (Å²) in [7, 11) is 0. The van der Waals surface area contributed by atoms with Crippen molar-refractivity contribution in [3.63, 3.8) is 0 Å². The summed E-state index contributed by atoms with van der Waals surface area (Å²) in [4.78, 5) is 11.7. The Bertz CT molecular complexity index is 519. The first kappa shape index (κ1) is 13.8. The smallest absolute Gasteiger partial charge is 0.234 e. The predicted octanol–water partition coefficient (Wildman–Crippen LogP) is 3.26. The molecule has 108 valence electrons. The van der Waals surface area contributed by atoms with Crippen molar-refractivity contribution in [2.45, 2.75) is 55.8 Å². The Morgan fingerprint density at radius 1 is 1.35 bits per heavy atom. The fraction of sp³-hybridized carbons (Fsp3) is 0.562. The number of hydrogen-bond donors (Lipinski definition) is 1. The van der Waals surface area contributed by atoms with E-state index in [0.29, 0.717) is 0 Å².